The second kappa shape index (κ2) is 8.04. The van der Waals surface area contributed by atoms with Gasteiger partial charge in [0.25, 0.3) is 5.91 Å². The highest BCUT2D eigenvalue weighted by molar-refractivity contribution is 6.07. The quantitative estimate of drug-likeness (QED) is 0.751. The van der Waals surface area contributed by atoms with E-state index >= 15 is 0 Å². The summed E-state index contributed by atoms with van der Waals surface area (Å²) in [6.45, 7) is 2.06. The van der Waals surface area contributed by atoms with Crippen molar-refractivity contribution in [3.8, 4) is 0 Å². The fourth-order valence-corrected chi connectivity index (χ4v) is 2.82. The molecule has 3 rings (SSSR count). The molecule has 5 N–H and O–H groups in total. The van der Waals surface area contributed by atoms with Gasteiger partial charge in [0, 0.05) is 18.7 Å². The van der Waals surface area contributed by atoms with Crippen molar-refractivity contribution in [1.29, 1.82) is 0 Å². The van der Waals surface area contributed by atoms with Crippen molar-refractivity contribution in [2.75, 3.05) is 23.3 Å². The number of carbonyl (C=O) groups excluding carboxylic acids is 2. The molecule has 0 radical (unpaired) electrons. The second-order valence-electron chi connectivity index (χ2n) is 5.75. The van der Waals surface area contributed by atoms with E-state index in [2.05, 4.69) is 10.2 Å². The molecular formula is C17H21ClN4O3. The maximum absolute atomic E-state index is 12.4. The zero-order chi connectivity index (χ0) is 17.1. The van der Waals surface area contributed by atoms with Crippen molar-refractivity contribution in [1.82, 2.24) is 0 Å². The van der Waals surface area contributed by atoms with Crippen molar-refractivity contribution in [3.05, 3.63) is 47.4 Å². The van der Waals surface area contributed by atoms with Gasteiger partial charge in [-0.2, -0.15) is 0 Å². The van der Waals surface area contributed by atoms with Crippen LogP contribution in [0.3, 0.4) is 0 Å². The van der Waals surface area contributed by atoms with E-state index in [1.54, 1.807) is 18.2 Å². The standard InChI is InChI=1S/C17H20N4O3.ClH/c18-9-13-7-12(10-24-13)17(23)20-14-8-11(16(19)22)3-4-15(14)21-5-1-2-6-21;/h3-4,7-8,10H,1-2,5-6,9,18H2,(H2,19,22)(H,20,23);1H. The van der Waals surface area contributed by atoms with E-state index in [9.17, 15) is 9.59 Å². The lowest BCUT2D eigenvalue weighted by Gasteiger charge is -2.22. The summed E-state index contributed by atoms with van der Waals surface area (Å²) in [7, 11) is 0. The molecule has 1 fully saturated rings. The molecule has 0 atom stereocenters. The molecule has 0 saturated carbocycles. The molecule has 0 spiro atoms. The zero-order valence-corrected chi connectivity index (χ0v) is 14.5. The summed E-state index contributed by atoms with van der Waals surface area (Å²) in [5.74, 6) is -0.321. The second-order valence-corrected chi connectivity index (χ2v) is 5.75. The predicted octanol–water partition coefficient (Wildman–Crippen LogP) is 2.11. The van der Waals surface area contributed by atoms with E-state index in [-0.39, 0.29) is 24.9 Å². The zero-order valence-electron chi connectivity index (χ0n) is 13.7. The van der Waals surface area contributed by atoms with Gasteiger partial charge in [-0.1, -0.05) is 0 Å². The summed E-state index contributed by atoms with van der Waals surface area (Å²) < 4.78 is 5.19. The average Bonchev–Trinajstić information content (AvgIpc) is 3.26. The molecular weight excluding hydrogens is 344 g/mol. The van der Waals surface area contributed by atoms with Crippen LogP contribution in [0.5, 0.6) is 0 Å². The van der Waals surface area contributed by atoms with Crippen LogP contribution in [0.15, 0.2) is 34.9 Å². The normalized spacial score (nSPS) is 13.4. The van der Waals surface area contributed by atoms with Crippen molar-refractivity contribution < 1.29 is 14.0 Å². The summed E-state index contributed by atoms with van der Waals surface area (Å²) >= 11 is 0. The molecule has 2 amide bonds. The Morgan fingerprint density at radius 3 is 2.48 bits per heavy atom. The van der Waals surface area contributed by atoms with Gasteiger partial charge in [0.15, 0.2) is 0 Å². The number of primary amides is 1. The van der Waals surface area contributed by atoms with Crippen LogP contribution in [-0.4, -0.2) is 24.9 Å². The minimum absolute atomic E-state index is 0. The predicted molar refractivity (Wildman–Crippen MR) is 98.2 cm³/mol. The minimum atomic E-state index is -0.535. The van der Waals surface area contributed by atoms with Crippen molar-refractivity contribution >= 4 is 35.6 Å². The number of amides is 2. The Hall–Kier alpha value is -2.51. The molecule has 1 aromatic carbocycles. The topological polar surface area (TPSA) is 115 Å². The number of furan rings is 1. The van der Waals surface area contributed by atoms with Gasteiger partial charge in [0.05, 0.1) is 23.5 Å². The highest BCUT2D eigenvalue weighted by atomic mass is 35.5. The Morgan fingerprint density at radius 1 is 1.16 bits per heavy atom. The van der Waals surface area contributed by atoms with E-state index in [0.29, 0.717) is 22.6 Å². The fraction of sp³-hybridized carbons (Fsp3) is 0.294. The maximum Gasteiger partial charge on any atom is 0.258 e. The largest absolute Gasteiger partial charge is 0.467 e. The molecule has 0 bridgehead atoms. The van der Waals surface area contributed by atoms with Crippen LogP contribution in [0.4, 0.5) is 11.4 Å². The number of anilines is 2. The smallest absolute Gasteiger partial charge is 0.258 e. The Kier molecular flexibility index (Phi) is 6.06. The van der Waals surface area contributed by atoms with Crippen molar-refractivity contribution in [2.45, 2.75) is 19.4 Å². The number of nitrogens with two attached hydrogens (primary N) is 2. The van der Waals surface area contributed by atoms with E-state index in [1.165, 1.54) is 6.26 Å². The van der Waals surface area contributed by atoms with Crippen LogP contribution in [0.1, 0.15) is 39.3 Å². The Labute approximate surface area is 151 Å². The van der Waals surface area contributed by atoms with Gasteiger partial charge in [-0.25, -0.2) is 0 Å². The van der Waals surface area contributed by atoms with Crippen LogP contribution < -0.4 is 21.7 Å². The summed E-state index contributed by atoms with van der Waals surface area (Å²) in [5.41, 5.74) is 13.0. The summed E-state index contributed by atoms with van der Waals surface area (Å²) in [6, 6.07) is 6.71. The third kappa shape index (κ3) is 4.12. The first-order chi connectivity index (χ1) is 11.6. The third-order valence-electron chi connectivity index (χ3n) is 4.09. The number of carbonyl (C=O) groups is 2. The van der Waals surface area contributed by atoms with Crippen LogP contribution in [0.25, 0.3) is 0 Å². The van der Waals surface area contributed by atoms with Gasteiger partial charge in [-0.05, 0) is 37.1 Å². The van der Waals surface area contributed by atoms with Gasteiger partial charge in [0.2, 0.25) is 5.91 Å². The van der Waals surface area contributed by atoms with Crippen molar-refractivity contribution in [2.24, 2.45) is 11.5 Å². The average molecular weight is 365 g/mol. The van der Waals surface area contributed by atoms with Crippen LogP contribution >= 0.6 is 12.4 Å². The fourth-order valence-electron chi connectivity index (χ4n) is 2.82. The third-order valence-corrected chi connectivity index (χ3v) is 4.09. The highest BCUT2D eigenvalue weighted by Gasteiger charge is 2.19. The molecule has 134 valence electrons. The SMILES string of the molecule is Cl.NCc1cc(C(=O)Nc2cc(C(N)=O)ccc2N2CCCC2)co1. The minimum Gasteiger partial charge on any atom is -0.467 e. The molecule has 1 aliphatic heterocycles. The summed E-state index contributed by atoms with van der Waals surface area (Å²) in [6.07, 6.45) is 3.57. The van der Waals surface area contributed by atoms with Gasteiger partial charge in [0.1, 0.15) is 12.0 Å². The summed E-state index contributed by atoms with van der Waals surface area (Å²) in [4.78, 5) is 26.1. The first kappa shape index (κ1) is 18.8. The Balaban J connectivity index is 0.00000225. The highest BCUT2D eigenvalue weighted by Crippen LogP contribution is 2.30. The molecule has 1 saturated heterocycles. The summed E-state index contributed by atoms with van der Waals surface area (Å²) in [5, 5.41) is 2.85. The van der Waals surface area contributed by atoms with Crippen LogP contribution in [0, 0.1) is 0 Å². The maximum atomic E-state index is 12.4. The van der Waals surface area contributed by atoms with E-state index in [0.717, 1.165) is 31.6 Å². The molecule has 7 nitrogen and oxygen atoms in total. The molecule has 2 heterocycles. The lowest BCUT2D eigenvalue weighted by molar-refractivity contribution is 0.0996. The van der Waals surface area contributed by atoms with Gasteiger partial charge < -0.3 is 26.1 Å². The van der Waals surface area contributed by atoms with Gasteiger partial charge in [-0.15, -0.1) is 12.4 Å². The van der Waals surface area contributed by atoms with E-state index in [4.69, 9.17) is 15.9 Å². The molecule has 1 aliphatic rings. The monoisotopic (exact) mass is 364 g/mol. The molecule has 1 aromatic heterocycles. The number of benzene rings is 1. The number of rotatable bonds is 5. The van der Waals surface area contributed by atoms with Crippen molar-refractivity contribution in [3.63, 3.8) is 0 Å². The Bertz CT molecular complexity index is 769. The number of hydrogen-bond donors (Lipinski definition) is 3. The molecule has 0 aliphatic carbocycles. The molecule has 0 unspecified atom stereocenters. The molecule has 25 heavy (non-hydrogen) atoms. The number of nitrogens with one attached hydrogen (secondary N) is 1. The van der Waals surface area contributed by atoms with E-state index in [1.807, 2.05) is 6.07 Å². The lowest BCUT2D eigenvalue weighted by atomic mass is 10.1. The molecule has 2 aromatic rings. The number of hydrogen-bond acceptors (Lipinski definition) is 5. The van der Waals surface area contributed by atoms with Gasteiger partial charge in [-0.3, -0.25) is 9.59 Å². The van der Waals surface area contributed by atoms with Gasteiger partial charge >= 0.3 is 0 Å². The van der Waals surface area contributed by atoms with Crippen LogP contribution in [0.2, 0.25) is 0 Å². The number of nitrogens with zero attached hydrogens (tertiary/aromatic N) is 1. The Morgan fingerprint density at radius 2 is 1.88 bits per heavy atom. The van der Waals surface area contributed by atoms with Crippen LogP contribution in [-0.2, 0) is 6.54 Å². The lowest BCUT2D eigenvalue weighted by Crippen LogP contribution is -2.22. The first-order valence-electron chi connectivity index (χ1n) is 7.86. The number of halogens is 1. The first-order valence-corrected chi connectivity index (χ1v) is 7.86. The van der Waals surface area contributed by atoms with E-state index < -0.39 is 5.91 Å². The molecule has 8 heteroatoms.